The van der Waals surface area contributed by atoms with Crippen molar-refractivity contribution < 1.29 is 14.3 Å². The van der Waals surface area contributed by atoms with Crippen LogP contribution in [0, 0.1) is 19.7 Å². The molecule has 4 rings (SSSR count). The van der Waals surface area contributed by atoms with Crippen LogP contribution in [0.1, 0.15) is 11.3 Å². The van der Waals surface area contributed by atoms with Crippen molar-refractivity contribution >= 4 is 27.8 Å². The van der Waals surface area contributed by atoms with Crippen LogP contribution in [0.3, 0.4) is 0 Å². The molecule has 2 heterocycles. The number of aliphatic carboxylic acids is 1. The van der Waals surface area contributed by atoms with E-state index in [0.717, 1.165) is 33.3 Å². The van der Waals surface area contributed by atoms with Crippen molar-refractivity contribution in [1.29, 1.82) is 0 Å². The Morgan fingerprint density at radius 2 is 1.92 bits per heavy atom. The topological polar surface area (TPSA) is 55.1 Å². The number of carbonyl (C=O) groups is 1. The molecule has 4 nitrogen and oxygen atoms in total. The standard InChI is InChI=1S/C21H17FN2O2/c1-12-3-5-15-16(7-8-23-18(15)9-12)21-13(2)24(11-20(25)26)19-6-4-14(22)10-17(19)21/h3-10H,11H2,1-2H3,(H,25,26). The third kappa shape index (κ3) is 2.52. The second-order valence-electron chi connectivity index (χ2n) is 6.48. The highest BCUT2D eigenvalue weighted by atomic mass is 19.1. The van der Waals surface area contributed by atoms with E-state index in [1.807, 2.05) is 38.1 Å². The third-order valence-corrected chi connectivity index (χ3v) is 4.75. The largest absolute Gasteiger partial charge is 0.480 e. The van der Waals surface area contributed by atoms with Crippen LogP contribution in [0.15, 0.2) is 48.7 Å². The average molecular weight is 348 g/mol. The van der Waals surface area contributed by atoms with E-state index in [-0.39, 0.29) is 12.4 Å². The second kappa shape index (κ2) is 5.95. The zero-order valence-electron chi connectivity index (χ0n) is 14.5. The van der Waals surface area contributed by atoms with Gasteiger partial charge in [0, 0.05) is 33.7 Å². The number of pyridine rings is 1. The van der Waals surface area contributed by atoms with Gasteiger partial charge in [-0.2, -0.15) is 0 Å². The molecule has 0 spiro atoms. The average Bonchev–Trinajstić information content (AvgIpc) is 2.85. The minimum atomic E-state index is -0.934. The molecular formula is C21H17FN2O2. The fourth-order valence-corrected chi connectivity index (χ4v) is 3.61. The number of benzene rings is 2. The SMILES string of the molecule is Cc1ccc2c(-c3c(C)n(CC(=O)O)c4ccc(F)cc34)ccnc2c1. The lowest BCUT2D eigenvalue weighted by Crippen LogP contribution is -2.09. The number of hydrogen-bond acceptors (Lipinski definition) is 2. The zero-order chi connectivity index (χ0) is 18.4. The second-order valence-corrected chi connectivity index (χ2v) is 6.48. The Labute approximate surface area is 149 Å². The summed E-state index contributed by atoms with van der Waals surface area (Å²) in [6, 6.07) is 12.4. The summed E-state index contributed by atoms with van der Waals surface area (Å²) in [7, 11) is 0. The summed E-state index contributed by atoms with van der Waals surface area (Å²) < 4.78 is 15.7. The molecule has 1 N–H and O–H groups in total. The van der Waals surface area contributed by atoms with Crippen molar-refractivity contribution in [2.75, 3.05) is 0 Å². The van der Waals surface area contributed by atoms with Crippen LogP contribution in [0.4, 0.5) is 4.39 Å². The number of carboxylic acid groups (broad SMARTS) is 1. The molecule has 0 saturated heterocycles. The summed E-state index contributed by atoms with van der Waals surface area (Å²) in [6.45, 7) is 3.71. The predicted molar refractivity (Wildman–Crippen MR) is 99.7 cm³/mol. The lowest BCUT2D eigenvalue weighted by atomic mass is 9.98. The summed E-state index contributed by atoms with van der Waals surface area (Å²) in [4.78, 5) is 15.8. The molecule has 0 fully saturated rings. The van der Waals surface area contributed by atoms with Crippen LogP contribution in [0.25, 0.3) is 32.9 Å². The molecule has 0 unspecified atom stereocenters. The Bertz CT molecular complexity index is 1180. The van der Waals surface area contributed by atoms with Gasteiger partial charge in [0.1, 0.15) is 12.4 Å². The molecule has 0 aliphatic rings. The summed E-state index contributed by atoms with van der Waals surface area (Å²) >= 11 is 0. The van der Waals surface area contributed by atoms with Crippen molar-refractivity contribution in [3.63, 3.8) is 0 Å². The maximum atomic E-state index is 14.0. The minimum absolute atomic E-state index is 0.171. The van der Waals surface area contributed by atoms with Gasteiger partial charge in [0.25, 0.3) is 0 Å². The maximum absolute atomic E-state index is 14.0. The van der Waals surface area contributed by atoms with E-state index in [0.29, 0.717) is 10.9 Å². The summed E-state index contributed by atoms with van der Waals surface area (Å²) in [5.41, 5.74) is 5.24. The van der Waals surface area contributed by atoms with Gasteiger partial charge in [-0.25, -0.2) is 4.39 Å². The predicted octanol–water partition coefficient (Wildman–Crippen LogP) is 4.70. The highest BCUT2D eigenvalue weighted by molar-refractivity contribution is 6.06. The van der Waals surface area contributed by atoms with E-state index in [2.05, 4.69) is 4.98 Å². The van der Waals surface area contributed by atoms with Gasteiger partial charge in [-0.1, -0.05) is 12.1 Å². The van der Waals surface area contributed by atoms with Crippen LogP contribution in [0.2, 0.25) is 0 Å². The van der Waals surface area contributed by atoms with Gasteiger partial charge in [-0.15, -0.1) is 0 Å². The van der Waals surface area contributed by atoms with E-state index >= 15 is 0 Å². The van der Waals surface area contributed by atoms with Crippen LogP contribution in [0.5, 0.6) is 0 Å². The minimum Gasteiger partial charge on any atom is -0.480 e. The molecule has 0 aliphatic heterocycles. The lowest BCUT2D eigenvalue weighted by molar-refractivity contribution is -0.137. The van der Waals surface area contributed by atoms with Crippen molar-refractivity contribution in [1.82, 2.24) is 9.55 Å². The Morgan fingerprint density at radius 1 is 1.12 bits per heavy atom. The van der Waals surface area contributed by atoms with Gasteiger partial charge in [0.15, 0.2) is 0 Å². The number of halogens is 1. The molecule has 2 aromatic carbocycles. The molecule has 0 radical (unpaired) electrons. The fourth-order valence-electron chi connectivity index (χ4n) is 3.61. The molecule has 0 aliphatic carbocycles. The monoisotopic (exact) mass is 348 g/mol. The van der Waals surface area contributed by atoms with Gasteiger partial charge in [-0.05, 0) is 55.3 Å². The van der Waals surface area contributed by atoms with Crippen LogP contribution in [-0.4, -0.2) is 20.6 Å². The molecule has 5 heteroatoms. The zero-order valence-corrected chi connectivity index (χ0v) is 14.5. The van der Waals surface area contributed by atoms with E-state index in [4.69, 9.17) is 0 Å². The molecular weight excluding hydrogens is 331 g/mol. The van der Waals surface area contributed by atoms with Crippen molar-refractivity contribution in [3.05, 3.63) is 65.7 Å². The van der Waals surface area contributed by atoms with Crippen LogP contribution in [-0.2, 0) is 11.3 Å². The highest BCUT2D eigenvalue weighted by Gasteiger charge is 2.19. The molecule has 2 aromatic heterocycles. The Morgan fingerprint density at radius 3 is 2.69 bits per heavy atom. The molecule has 26 heavy (non-hydrogen) atoms. The molecule has 4 aromatic rings. The molecule has 0 amide bonds. The first-order valence-corrected chi connectivity index (χ1v) is 8.31. The normalized spacial score (nSPS) is 11.3. The Hall–Kier alpha value is -3.21. The number of rotatable bonds is 3. The summed E-state index contributed by atoms with van der Waals surface area (Å²) in [6.07, 6.45) is 1.73. The van der Waals surface area contributed by atoms with Gasteiger partial charge in [-0.3, -0.25) is 9.78 Å². The quantitative estimate of drug-likeness (QED) is 0.584. The first kappa shape index (κ1) is 16.3. The number of nitrogens with zero attached hydrogens (tertiary/aromatic N) is 2. The molecule has 130 valence electrons. The third-order valence-electron chi connectivity index (χ3n) is 4.75. The van der Waals surface area contributed by atoms with Gasteiger partial charge >= 0.3 is 5.97 Å². The molecule has 0 atom stereocenters. The number of aryl methyl sites for hydroxylation is 1. The van der Waals surface area contributed by atoms with Gasteiger partial charge in [0.05, 0.1) is 5.52 Å². The molecule has 0 bridgehead atoms. The number of aromatic nitrogens is 2. The maximum Gasteiger partial charge on any atom is 0.323 e. The van der Waals surface area contributed by atoms with E-state index in [9.17, 15) is 14.3 Å². The Balaban J connectivity index is 2.11. The highest BCUT2D eigenvalue weighted by Crippen LogP contribution is 2.38. The Kier molecular flexibility index (Phi) is 3.72. The lowest BCUT2D eigenvalue weighted by Gasteiger charge is -2.09. The van der Waals surface area contributed by atoms with Crippen molar-refractivity contribution in [3.8, 4) is 11.1 Å². The smallest absolute Gasteiger partial charge is 0.323 e. The molecule has 0 saturated carbocycles. The number of hydrogen-bond donors (Lipinski definition) is 1. The first-order valence-electron chi connectivity index (χ1n) is 8.31. The van der Waals surface area contributed by atoms with Crippen LogP contribution >= 0.6 is 0 Å². The fraction of sp³-hybridized carbons (Fsp3) is 0.143. The number of fused-ring (bicyclic) bond motifs is 2. The number of carboxylic acids is 1. The van der Waals surface area contributed by atoms with Crippen molar-refractivity contribution in [2.45, 2.75) is 20.4 Å². The van der Waals surface area contributed by atoms with Gasteiger partial charge in [0.2, 0.25) is 0 Å². The summed E-state index contributed by atoms with van der Waals surface area (Å²) in [5, 5.41) is 10.9. The van der Waals surface area contributed by atoms with Crippen LogP contribution < -0.4 is 0 Å². The van der Waals surface area contributed by atoms with E-state index in [1.54, 1.807) is 16.8 Å². The first-order chi connectivity index (χ1) is 12.5. The van der Waals surface area contributed by atoms with E-state index in [1.165, 1.54) is 12.1 Å². The van der Waals surface area contributed by atoms with E-state index < -0.39 is 5.97 Å². The summed E-state index contributed by atoms with van der Waals surface area (Å²) in [5.74, 6) is -1.28. The van der Waals surface area contributed by atoms with Gasteiger partial charge < -0.3 is 9.67 Å². The van der Waals surface area contributed by atoms with Crippen molar-refractivity contribution in [2.24, 2.45) is 0 Å².